The lowest BCUT2D eigenvalue weighted by Crippen LogP contribution is -2.16. The lowest BCUT2D eigenvalue weighted by molar-refractivity contribution is 0.0524. The first-order valence-corrected chi connectivity index (χ1v) is 9.92. The third-order valence-corrected chi connectivity index (χ3v) is 7.15. The van der Waals surface area contributed by atoms with E-state index < -0.39 is 34.4 Å². The maximum atomic E-state index is 12.0. The fourth-order valence-electron chi connectivity index (χ4n) is 1.31. The van der Waals surface area contributed by atoms with Crippen LogP contribution in [0.3, 0.4) is 0 Å². The van der Waals surface area contributed by atoms with Gasteiger partial charge in [0.1, 0.15) is 6.61 Å². The number of hydrogen-bond acceptors (Lipinski definition) is 6. The molecule has 0 heterocycles. The molecule has 0 spiro atoms. The van der Waals surface area contributed by atoms with Crippen LogP contribution in [0.4, 0.5) is 0 Å². The molecule has 0 saturated heterocycles. The number of rotatable bonds is 5. The van der Waals surface area contributed by atoms with Crippen molar-refractivity contribution in [1.82, 2.24) is 0 Å². The number of carbonyl (C=O) groups is 2. The Morgan fingerprint density at radius 3 is 1.77 bits per heavy atom. The molecule has 0 aliphatic rings. The van der Waals surface area contributed by atoms with Gasteiger partial charge in [-0.1, -0.05) is 0 Å². The van der Waals surface area contributed by atoms with E-state index in [1.807, 2.05) is 0 Å². The fourth-order valence-corrected chi connectivity index (χ4v) is 4.38. The van der Waals surface area contributed by atoms with Gasteiger partial charge < -0.3 is 14.4 Å². The summed E-state index contributed by atoms with van der Waals surface area (Å²) >= 11 is 12.3. The van der Waals surface area contributed by atoms with Gasteiger partial charge in [-0.3, -0.25) is 0 Å². The summed E-state index contributed by atoms with van der Waals surface area (Å²) in [6, 6.07) is 0. The molecule has 0 radical (unpaired) electrons. The van der Waals surface area contributed by atoms with E-state index >= 15 is 0 Å². The molecule has 0 unspecified atom stereocenters. The Kier molecular flexibility index (Phi) is 7.02. The average molecular weight is 589 g/mol. The quantitative estimate of drug-likeness (QED) is 0.319. The number of esters is 1. The number of hydrogen-bond donors (Lipinski definition) is 1. The Labute approximate surface area is 158 Å². The summed E-state index contributed by atoms with van der Waals surface area (Å²) < 4.78 is 36.5. The molecule has 0 aromatic heterocycles. The van der Waals surface area contributed by atoms with Crippen LogP contribution < -0.4 is 0 Å². The molecule has 0 atom stereocenters. The molecule has 0 aliphatic heterocycles. The molecule has 12 heteroatoms. The van der Waals surface area contributed by atoms with Crippen LogP contribution in [-0.4, -0.2) is 42.4 Å². The highest BCUT2D eigenvalue weighted by molar-refractivity contribution is 9.14. The van der Waals surface area contributed by atoms with Gasteiger partial charge in [0.2, 0.25) is 0 Å². The Balaban J connectivity index is 3.21. The molecule has 0 amide bonds. The molecule has 0 aliphatic carbocycles. The molecule has 122 valence electrons. The van der Waals surface area contributed by atoms with Gasteiger partial charge in [0.25, 0.3) is 0 Å². The smallest absolute Gasteiger partial charge is 0.340 e. The number of carbonyl (C=O) groups excluding carboxylic acids is 1. The summed E-state index contributed by atoms with van der Waals surface area (Å²) in [4.78, 5) is 23.2. The molecule has 1 N–H and O–H groups in total. The zero-order chi connectivity index (χ0) is 17.2. The van der Waals surface area contributed by atoms with E-state index in [9.17, 15) is 22.6 Å². The summed E-state index contributed by atoms with van der Waals surface area (Å²) in [5.41, 5.74) is -0.190. The number of aromatic carboxylic acids is 1. The third-order valence-electron chi connectivity index (χ3n) is 2.25. The molecule has 7 nitrogen and oxygen atoms in total. The van der Waals surface area contributed by atoms with Gasteiger partial charge in [0.05, 0.1) is 27.0 Å². The first-order chi connectivity index (χ1) is 9.97. The van der Waals surface area contributed by atoms with Crippen LogP contribution in [0.15, 0.2) is 17.9 Å². The predicted octanol–water partition coefficient (Wildman–Crippen LogP) is 3.14. The lowest BCUT2D eigenvalue weighted by Gasteiger charge is -2.14. The second-order valence-electron chi connectivity index (χ2n) is 3.71. The molecule has 0 bridgehead atoms. The highest BCUT2D eigenvalue weighted by Crippen LogP contribution is 2.42. The van der Waals surface area contributed by atoms with E-state index in [-0.39, 0.29) is 29.0 Å². The van der Waals surface area contributed by atoms with Crippen molar-refractivity contribution in [2.24, 2.45) is 0 Å². The van der Waals surface area contributed by atoms with Crippen LogP contribution in [0.1, 0.15) is 20.7 Å². The Morgan fingerprint density at radius 1 is 1.00 bits per heavy atom. The van der Waals surface area contributed by atoms with Gasteiger partial charge in [-0.05, 0) is 63.7 Å². The molecule has 22 heavy (non-hydrogen) atoms. The van der Waals surface area contributed by atoms with Crippen molar-refractivity contribution >= 4 is 85.8 Å². The summed E-state index contributed by atoms with van der Waals surface area (Å²) in [5.74, 6) is -3.03. The van der Waals surface area contributed by atoms with E-state index in [0.29, 0.717) is 0 Å². The average Bonchev–Trinajstić information content (AvgIpc) is 2.35. The van der Waals surface area contributed by atoms with Gasteiger partial charge in [-0.25, -0.2) is 18.0 Å². The molecule has 1 rings (SSSR count). The van der Waals surface area contributed by atoms with Gasteiger partial charge in [-0.15, -0.1) is 0 Å². The normalized spacial score (nSPS) is 11.3. The summed E-state index contributed by atoms with van der Waals surface area (Å²) in [5, 5.41) is 9.14. The molecule has 1 aromatic rings. The van der Waals surface area contributed by atoms with Crippen LogP contribution in [0.5, 0.6) is 0 Å². The largest absolute Gasteiger partial charge is 0.748 e. The van der Waals surface area contributed by atoms with E-state index in [4.69, 9.17) is 9.84 Å². The van der Waals surface area contributed by atoms with Crippen LogP contribution >= 0.6 is 63.7 Å². The molecule has 0 fully saturated rings. The van der Waals surface area contributed by atoms with Crippen LogP contribution in [0.25, 0.3) is 0 Å². The van der Waals surface area contributed by atoms with Crippen molar-refractivity contribution in [1.29, 1.82) is 0 Å². The fraction of sp³-hybridized carbons (Fsp3) is 0.200. The van der Waals surface area contributed by atoms with Crippen LogP contribution in [0.2, 0.25) is 0 Å². The number of ether oxygens (including phenoxy) is 1. The molecule has 1 aromatic carbocycles. The van der Waals surface area contributed by atoms with E-state index in [1.165, 1.54) is 0 Å². The molecule has 0 saturated carbocycles. The van der Waals surface area contributed by atoms with Crippen molar-refractivity contribution in [3.05, 3.63) is 29.0 Å². The highest BCUT2D eigenvalue weighted by Gasteiger charge is 2.27. The zero-order valence-corrected chi connectivity index (χ0v) is 17.4. The Morgan fingerprint density at radius 2 is 1.41 bits per heavy atom. The van der Waals surface area contributed by atoms with Crippen LogP contribution in [0, 0.1) is 0 Å². The second kappa shape index (κ2) is 7.71. The topological polar surface area (TPSA) is 121 Å². The SMILES string of the molecule is O=C(O)c1c(Br)c(Br)c(C(=O)OCCS(=O)(=O)[O-])c(Br)c1Br. The highest BCUT2D eigenvalue weighted by atomic mass is 79.9. The standard InChI is InChI=1S/C10H6Br4O7S/c11-5-3(9(15)16)6(12)8(14)4(7(5)13)10(17)21-1-2-22(18,19)20/h1-2H2,(H,15,16)(H,18,19,20)/p-1. The third kappa shape index (κ3) is 4.74. The van der Waals surface area contributed by atoms with Crippen LogP contribution in [-0.2, 0) is 14.9 Å². The lowest BCUT2D eigenvalue weighted by atomic mass is 10.1. The summed E-state index contributed by atoms with van der Waals surface area (Å²) in [6.45, 7) is -0.612. The van der Waals surface area contributed by atoms with E-state index in [1.54, 1.807) is 0 Å². The molecular formula is C10H5Br4O7S-. The maximum absolute atomic E-state index is 12.0. The summed E-state index contributed by atoms with van der Waals surface area (Å²) in [6.07, 6.45) is 0. The first kappa shape index (κ1) is 20.0. The minimum absolute atomic E-state index is 0.0629. The maximum Gasteiger partial charge on any atom is 0.340 e. The number of carboxylic acid groups (broad SMARTS) is 1. The Hall–Kier alpha value is -0.0100. The van der Waals surface area contributed by atoms with Gasteiger partial charge in [0, 0.05) is 17.9 Å². The van der Waals surface area contributed by atoms with Gasteiger partial charge >= 0.3 is 11.9 Å². The van der Waals surface area contributed by atoms with Crippen molar-refractivity contribution in [2.45, 2.75) is 0 Å². The molecular weight excluding hydrogens is 584 g/mol. The minimum Gasteiger partial charge on any atom is -0.748 e. The van der Waals surface area contributed by atoms with Crippen molar-refractivity contribution in [2.75, 3.05) is 12.4 Å². The number of benzene rings is 1. The predicted molar refractivity (Wildman–Crippen MR) is 89.0 cm³/mol. The minimum atomic E-state index is -4.50. The number of carboxylic acids is 1. The van der Waals surface area contributed by atoms with E-state index in [0.717, 1.165) is 0 Å². The first-order valence-electron chi connectivity index (χ1n) is 5.17. The summed E-state index contributed by atoms with van der Waals surface area (Å²) in [7, 11) is -4.50. The van der Waals surface area contributed by atoms with E-state index in [2.05, 4.69) is 63.7 Å². The van der Waals surface area contributed by atoms with Gasteiger partial charge in [0.15, 0.2) is 0 Å². The second-order valence-corrected chi connectivity index (χ2v) is 8.40. The number of halogens is 4. The Bertz CT molecular complexity index is 715. The zero-order valence-electron chi connectivity index (χ0n) is 10.2. The monoisotopic (exact) mass is 585 g/mol. The van der Waals surface area contributed by atoms with Gasteiger partial charge in [-0.2, -0.15) is 0 Å². The van der Waals surface area contributed by atoms with Crippen molar-refractivity contribution in [3.8, 4) is 0 Å². The van der Waals surface area contributed by atoms with Crippen molar-refractivity contribution < 1.29 is 32.4 Å². The van der Waals surface area contributed by atoms with Crippen molar-refractivity contribution in [3.63, 3.8) is 0 Å².